The van der Waals surface area contributed by atoms with Crippen LogP contribution in [0.2, 0.25) is 0 Å². The molecule has 0 fully saturated rings. The first kappa shape index (κ1) is 19.3. The van der Waals surface area contributed by atoms with E-state index in [-0.39, 0.29) is 17.2 Å². The fourth-order valence-corrected chi connectivity index (χ4v) is 4.75. The molecule has 0 saturated heterocycles. The molecule has 0 saturated carbocycles. The van der Waals surface area contributed by atoms with Crippen LogP contribution in [0.3, 0.4) is 0 Å². The highest BCUT2D eigenvalue weighted by atomic mass is 32.1. The van der Waals surface area contributed by atoms with E-state index < -0.39 is 5.91 Å². The molecular weight excluding hydrogens is 388 g/mol. The quantitative estimate of drug-likeness (QED) is 0.647. The number of aromatic nitrogens is 2. The molecule has 150 valence electrons. The molecule has 0 spiro atoms. The summed E-state index contributed by atoms with van der Waals surface area (Å²) < 4.78 is 1.30. The van der Waals surface area contributed by atoms with Crippen LogP contribution in [0.4, 0.5) is 0 Å². The first-order valence-corrected chi connectivity index (χ1v) is 10.6. The van der Waals surface area contributed by atoms with Gasteiger partial charge in [0.1, 0.15) is 0 Å². The smallest absolute Gasteiger partial charge is 0.267 e. The Morgan fingerprint density at radius 3 is 2.59 bits per heavy atom. The van der Waals surface area contributed by atoms with Crippen LogP contribution in [0.25, 0.3) is 10.8 Å². The van der Waals surface area contributed by atoms with Crippen LogP contribution in [0.5, 0.6) is 0 Å². The third-order valence-corrected chi connectivity index (χ3v) is 6.26. The maximum atomic E-state index is 12.8. The van der Waals surface area contributed by atoms with Gasteiger partial charge in [-0.1, -0.05) is 25.1 Å². The number of amides is 2. The molecule has 7 nitrogen and oxygen atoms in total. The summed E-state index contributed by atoms with van der Waals surface area (Å²) in [6.45, 7) is 2.35. The molecule has 0 unspecified atom stereocenters. The zero-order valence-electron chi connectivity index (χ0n) is 16.2. The molecule has 4 rings (SSSR count). The lowest BCUT2D eigenvalue weighted by Gasteiger charge is -2.11. The van der Waals surface area contributed by atoms with Crippen LogP contribution in [0.1, 0.15) is 56.8 Å². The number of nitrogens with zero attached hydrogens (tertiary/aromatic N) is 2. The molecule has 29 heavy (non-hydrogen) atoms. The Bertz CT molecular complexity index is 1130. The molecule has 2 N–H and O–H groups in total. The molecule has 0 aliphatic heterocycles. The Labute approximate surface area is 171 Å². The first-order valence-electron chi connectivity index (χ1n) is 9.80. The van der Waals surface area contributed by atoms with Gasteiger partial charge < -0.3 is 0 Å². The lowest BCUT2D eigenvalue weighted by molar-refractivity contribution is 0.0845. The zero-order valence-corrected chi connectivity index (χ0v) is 17.0. The van der Waals surface area contributed by atoms with E-state index in [0.717, 1.165) is 25.7 Å². The Hall–Kier alpha value is -3.00. The molecule has 0 radical (unpaired) electrons. The number of aryl methyl sites for hydroxylation is 3. The van der Waals surface area contributed by atoms with Gasteiger partial charge in [0.05, 0.1) is 10.3 Å². The van der Waals surface area contributed by atoms with Crippen molar-refractivity contribution in [2.45, 2.75) is 45.6 Å². The van der Waals surface area contributed by atoms with Crippen molar-refractivity contribution in [3.05, 3.63) is 61.7 Å². The van der Waals surface area contributed by atoms with Gasteiger partial charge in [-0.05, 0) is 49.8 Å². The fraction of sp³-hybridized carbons (Fsp3) is 0.333. The predicted octanol–water partition coefficient (Wildman–Crippen LogP) is 2.82. The molecule has 1 aromatic carbocycles. The van der Waals surface area contributed by atoms with Crippen LogP contribution >= 0.6 is 11.3 Å². The summed E-state index contributed by atoms with van der Waals surface area (Å²) in [5.74, 6) is -0.898. The monoisotopic (exact) mass is 410 g/mol. The molecule has 2 aromatic heterocycles. The third-order valence-electron chi connectivity index (χ3n) is 5.03. The third kappa shape index (κ3) is 3.80. The van der Waals surface area contributed by atoms with E-state index in [1.807, 2.05) is 13.0 Å². The van der Waals surface area contributed by atoms with E-state index in [1.54, 1.807) is 24.3 Å². The SMILES string of the molecule is CCCn1nc(C(=O)NNC(=O)c2cc3c(s2)CCCC3)c2ccccc2c1=O. The van der Waals surface area contributed by atoms with Crippen molar-refractivity contribution in [2.75, 3.05) is 0 Å². The van der Waals surface area contributed by atoms with Crippen molar-refractivity contribution < 1.29 is 9.59 Å². The zero-order chi connectivity index (χ0) is 20.4. The van der Waals surface area contributed by atoms with Crippen molar-refractivity contribution in [1.82, 2.24) is 20.6 Å². The molecule has 0 atom stereocenters. The van der Waals surface area contributed by atoms with Gasteiger partial charge in [-0.15, -0.1) is 11.3 Å². The largest absolute Gasteiger partial charge is 0.290 e. The fourth-order valence-electron chi connectivity index (χ4n) is 3.60. The maximum Gasteiger partial charge on any atom is 0.290 e. The standard InChI is InChI=1S/C21H22N4O3S/c1-2-11-25-21(28)15-9-5-4-8-14(15)18(24-25)20(27)23-22-19(26)17-12-13-7-3-6-10-16(13)29-17/h4-5,8-9,12H,2-3,6-7,10-11H2,1H3,(H,22,26)(H,23,27). The van der Waals surface area contributed by atoms with Gasteiger partial charge in [0, 0.05) is 16.8 Å². The van der Waals surface area contributed by atoms with E-state index in [0.29, 0.717) is 28.6 Å². The van der Waals surface area contributed by atoms with Crippen LogP contribution < -0.4 is 16.4 Å². The van der Waals surface area contributed by atoms with E-state index in [2.05, 4.69) is 16.0 Å². The highest BCUT2D eigenvalue weighted by Crippen LogP contribution is 2.29. The van der Waals surface area contributed by atoms with Gasteiger partial charge in [-0.2, -0.15) is 5.10 Å². The molecule has 2 heterocycles. The van der Waals surface area contributed by atoms with Crippen molar-refractivity contribution in [1.29, 1.82) is 0 Å². The summed E-state index contributed by atoms with van der Waals surface area (Å²) in [5, 5.41) is 5.13. The van der Waals surface area contributed by atoms with E-state index in [1.165, 1.54) is 26.5 Å². The average molecular weight is 410 g/mol. The summed E-state index contributed by atoms with van der Waals surface area (Å²) in [7, 11) is 0. The highest BCUT2D eigenvalue weighted by molar-refractivity contribution is 7.14. The highest BCUT2D eigenvalue weighted by Gasteiger charge is 2.20. The number of fused-ring (bicyclic) bond motifs is 2. The van der Waals surface area contributed by atoms with Gasteiger partial charge in [-0.3, -0.25) is 25.2 Å². The number of rotatable bonds is 4. The second-order valence-corrected chi connectivity index (χ2v) is 8.23. The molecule has 3 aromatic rings. The lowest BCUT2D eigenvalue weighted by Crippen LogP contribution is -2.42. The summed E-state index contributed by atoms with van der Waals surface area (Å²) in [6, 6.07) is 8.78. The Kier molecular flexibility index (Phi) is 5.44. The minimum atomic E-state index is -0.555. The maximum absolute atomic E-state index is 12.8. The molecular formula is C21H22N4O3S. The number of hydrogen-bond donors (Lipinski definition) is 2. The van der Waals surface area contributed by atoms with Crippen LogP contribution in [0.15, 0.2) is 35.1 Å². The number of carbonyl (C=O) groups is 2. The summed E-state index contributed by atoms with van der Waals surface area (Å²) in [6.07, 6.45) is 5.02. The molecule has 1 aliphatic rings. The Balaban J connectivity index is 1.56. The molecule has 2 amide bonds. The van der Waals surface area contributed by atoms with Crippen LogP contribution in [-0.2, 0) is 19.4 Å². The van der Waals surface area contributed by atoms with Crippen molar-refractivity contribution in [2.24, 2.45) is 0 Å². The van der Waals surface area contributed by atoms with E-state index in [4.69, 9.17) is 0 Å². The van der Waals surface area contributed by atoms with Gasteiger partial charge in [0.2, 0.25) is 0 Å². The number of hydrazine groups is 1. The predicted molar refractivity (Wildman–Crippen MR) is 112 cm³/mol. The number of nitrogens with one attached hydrogen (secondary N) is 2. The first-order chi connectivity index (χ1) is 14.1. The van der Waals surface area contributed by atoms with Gasteiger partial charge >= 0.3 is 0 Å². The van der Waals surface area contributed by atoms with Gasteiger partial charge in [0.25, 0.3) is 17.4 Å². The van der Waals surface area contributed by atoms with Gasteiger partial charge in [-0.25, -0.2) is 4.68 Å². The number of carbonyl (C=O) groups excluding carboxylic acids is 2. The molecule has 8 heteroatoms. The van der Waals surface area contributed by atoms with E-state index in [9.17, 15) is 14.4 Å². The van der Waals surface area contributed by atoms with Crippen molar-refractivity contribution >= 4 is 33.9 Å². The Morgan fingerprint density at radius 1 is 1.10 bits per heavy atom. The summed E-state index contributed by atoms with van der Waals surface area (Å²) >= 11 is 1.48. The lowest BCUT2D eigenvalue weighted by atomic mass is 9.99. The van der Waals surface area contributed by atoms with Crippen LogP contribution in [0, 0.1) is 0 Å². The summed E-state index contributed by atoms with van der Waals surface area (Å²) in [5.41, 5.74) is 6.05. The average Bonchev–Trinajstić information content (AvgIpc) is 3.18. The van der Waals surface area contributed by atoms with Crippen molar-refractivity contribution in [3.8, 4) is 0 Å². The van der Waals surface area contributed by atoms with Gasteiger partial charge in [0.15, 0.2) is 5.69 Å². The Morgan fingerprint density at radius 2 is 1.83 bits per heavy atom. The minimum Gasteiger partial charge on any atom is -0.267 e. The summed E-state index contributed by atoms with van der Waals surface area (Å²) in [4.78, 5) is 39.6. The number of hydrogen-bond acceptors (Lipinski definition) is 5. The topological polar surface area (TPSA) is 93.1 Å². The number of benzene rings is 1. The normalized spacial score (nSPS) is 13.1. The number of thiophene rings is 1. The second kappa shape index (κ2) is 8.16. The second-order valence-electron chi connectivity index (χ2n) is 7.10. The molecule has 1 aliphatic carbocycles. The van der Waals surface area contributed by atoms with Crippen LogP contribution in [-0.4, -0.2) is 21.6 Å². The minimum absolute atomic E-state index is 0.111. The van der Waals surface area contributed by atoms with Crippen molar-refractivity contribution in [3.63, 3.8) is 0 Å². The molecule has 0 bridgehead atoms. The van der Waals surface area contributed by atoms with E-state index >= 15 is 0 Å².